The van der Waals surface area contributed by atoms with E-state index in [4.69, 9.17) is 0 Å². The first-order valence-corrected chi connectivity index (χ1v) is 9.97. The third-order valence-electron chi connectivity index (χ3n) is 7.46. The fraction of sp³-hybridized carbons (Fsp3) is 0.682. The number of benzene rings is 1. The number of fused-ring (bicyclic) bond motifs is 1. The first-order chi connectivity index (χ1) is 11.9. The van der Waals surface area contributed by atoms with Crippen molar-refractivity contribution < 1.29 is 4.79 Å². The van der Waals surface area contributed by atoms with Gasteiger partial charge in [0.15, 0.2) is 0 Å². The zero-order chi connectivity index (χ0) is 17.3. The highest BCUT2D eigenvalue weighted by molar-refractivity contribution is 5.85. The average molecular weight is 375 g/mol. The molecule has 26 heavy (non-hydrogen) atoms. The van der Waals surface area contributed by atoms with Crippen LogP contribution in [0.4, 0.5) is 0 Å². The Labute approximate surface area is 163 Å². The molecule has 4 aliphatic carbocycles. The summed E-state index contributed by atoms with van der Waals surface area (Å²) < 4.78 is 0. The van der Waals surface area contributed by atoms with Crippen LogP contribution in [0.2, 0.25) is 0 Å². The van der Waals surface area contributed by atoms with Crippen LogP contribution >= 0.6 is 12.4 Å². The summed E-state index contributed by atoms with van der Waals surface area (Å²) in [4.78, 5) is 13.3. The van der Waals surface area contributed by atoms with Crippen molar-refractivity contribution in [3.8, 4) is 0 Å². The molecule has 2 unspecified atom stereocenters. The van der Waals surface area contributed by atoms with Gasteiger partial charge in [-0.3, -0.25) is 4.79 Å². The summed E-state index contributed by atoms with van der Waals surface area (Å²) in [5.74, 6) is 1.09. The first-order valence-electron chi connectivity index (χ1n) is 9.97. The predicted molar refractivity (Wildman–Crippen MR) is 106 cm³/mol. The maximum Gasteiger partial charge on any atom is 0.226 e. The van der Waals surface area contributed by atoms with E-state index in [0.29, 0.717) is 23.3 Å². The lowest BCUT2D eigenvalue weighted by Crippen LogP contribution is -2.59. The third kappa shape index (κ3) is 2.88. The number of hydrogen-bond donors (Lipinski definition) is 2. The smallest absolute Gasteiger partial charge is 0.226 e. The van der Waals surface area contributed by atoms with Crippen molar-refractivity contribution in [2.24, 2.45) is 22.2 Å². The van der Waals surface area contributed by atoms with E-state index < -0.39 is 0 Å². The highest BCUT2D eigenvalue weighted by Crippen LogP contribution is 2.69. The van der Waals surface area contributed by atoms with Crippen molar-refractivity contribution in [2.45, 2.75) is 72.0 Å². The summed E-state index contributed by atoms with van der Waals surface area (Å²) in [7, 11) is 0. The quantitative estimate of drug-likeness (QED) is 0.827. The van der Waals surface area contributed by atoms with Gasteiger partial charge in [0.25, 0.3) is 0 Å². The van der Waals surface area contributed by atoms with Gasteiger partial charge in [-0.15, -0.1) is 12.4 Å². The summed E-state index contributed by atoms with van der Waals surface area (Å²) in [6.07, 6.45) is 7.34. The van der Waals surface area contributed by atoms with Crippen molar-refractivity contribution in [1.82, 2.24) is 10.6 Å². The Kier molecular flexibility index (Phi) is 4.20. The summed E-state index contributed by atoms with van der Waals surface area (Å²) in [5.41, 5.74) is 4.72. The van der Waals surface area contributed by atoms with Crippen LogP contribution in [0.25, 0.3) is 0 Å². The number of amides is 1. The molecule has 6 rings (SSSR count). The minimum absolute atomic E-state index is 0. The third-order valence-corrected chi connectivity index (χ3v) is 7.46. The molecule has 1 amide bonds. The van der Waals surface area contributed by atoms with E-state index >= 15 is 0 Å². The number of nitrogens with one attached hydrogen (secondary N) is 2. The van der Waals surface area contributed by atoms with E-state index in [1.165, 1.54) is 36.0 Å². The Hall–Kier alpha value is -1.06. The molecule has 0 spiro atoms. The summed E-state index contributed by atoms with van der Waals surface area (Å²) in [5, 5.41) is 6.71. The van der Waals surface area contributed by atoms with E-state index in [-0.39, 0.29) is 17.8 Å². The Morgan fingerprint density at radius 1 is 1.08 bits per heavy atom. The van der Waals surface area contributed by atoms with Gasteiger partial charge in [-0.1, -0.05) is 32.0 Å². The van der Waals surface area contributed by atoms with Gasteiger partial charge in [0.05, 0.1) is 5.41 Å². The maximum atomic E-state index is 13.3. The van der Waals surface area contributed by atoms with Gasteiger partial charge in [-0.25, -0.2) is 0 Å². The molecule has 1 aromatic rings. The summed E-state index contributed by atoms with van der Waals surface area (Å²) in [6, 6.07) is 6.65. The van der Waals surface area contributed by atoms with Gasteiger partial charge >= 0.3 is 0 Å². The molecule has 5 aliphatic rings. The molecule has 2 atom stereocenters. The second kappa shape index (κ2) is 5.97. The average Bonchev–Trinajstić information content (AvgIpc) is 2.96. The van der Waals surface area contributed by atoms with Crippen LogP contribution in [0.3, 0.4) is 0 Å². The summed E-state index contributed by atoms with van der Waals surface area (Å²) >= 11 is 0. The molecular formula is C22H31ClN2O. The van der Waals surface area contributed by atoms with E-state index in [9.17, 15) is 4.79 Å². The Morgan fingerprint density at radius 2 is 1.77 bits per heavy atom. The first kappa shape index (κ1) is 18.3. The lowest BCUT2D eigenvalue weighted by molar-refractivity contribution is -0.170. The SMILES string of the molecule is CC12CC3CC(C)(C1)CC(C(=O)NCc1ccc4c(c1)CNC4)(C3)C2.Cl. The monoisotopic (exact) mass is 374 g/mol. The van der Waals surface area contributed by atoms with Gasteiger partial charge in [0.2, 0.25) is 5.91 Å². The van der Waals surface area contributed by atoms with Gasteiger partial charge in [-0.2, -0.15) is 0 Å². The standard InChI is InChI=1S/C22H30N2O.ClH/c1-20-6-16-7-21(2,12-20)14-22(8-16,13-20)19(25)24-9-15-3-4-17-10-23-11-18(17)5-15;/h3-5,16,23H,6-14H2,1-2H3,(H,24,25);1H. The van der Waals surface area contributed by atoms with Crippen LogP contribution in [0.5, 0.6) is 0 Å². The van der Waals surface area contributed by atoms with E-state index in [0.717, 1.165) is 38.3 Å². The van der Waals surface area contributed by atoms with Gasteiger partial charge in [0.1, 0.15) is 0 Å². The topological polar surface area (TPSA) is 41.1 Å². The van der Waals surface area contributed by atoms with E-state index in [2.05, 4.69) is 42.7 Å². The number of carbonyl (C=O) groups is 1. The molecule has 4 bridgehead atoms. The molecule has 3 nitrogen and oxygen atoms in total. The molecule has 2 N–H and O–H groups in total. The molecule has 1 heterocycles. The Morgan fingerprint density at radius 3 is 2.46 bits per heavy atom. The van der Waals surface area contributed by atoms with Gasteiger partial charge in [0, 0.05) is 19.6 Å². The van der Waals surface area contributed by atoms with Crippen molar-refractivity contribution >= 4 is 18.3 Å². The fourth-order valence-electron chi connectivity index (χ4n) is 7.53. The van der Waals surface area contributed by atoms with Crippen molar-refractivity contribution in [3.63, 3.8) is 0 Å². The van der Waals surface area contributed by atoms with Crippen molar-refractivity contribution in [1.29, 1.82) is 0 Å². The highest BCUT2D eigenvalue weighted by atomic mass is 35.5. The van der Waals surface area contributed by atoms with Crippen molar-refractivity contribution in [2.75, 3.05) is 0 Å². The molecular weight excluding hydrogens is 344 g/mol. The molecule has 142 valence electrons. The largest absolute Gasteiger partial charge is 0.352 e. The molecule has 4 saturated carbocycles. The minimum atomic E-state index is -0.0960. The van der Waals surface area contributed by atoms with Gasteiger partial charge < -0.3 is 10.6 Å². The normalized spacial score (nSPS) is 39.4. The molecule has 0 saturated heterocycles. The lowest BCUT2D eigenvalue weighted by atomic mass is 9.40. The van der Waals surface area contributed by atoms with Gasteiger partial charge in [-0.05, 0) is 72.0 Å². The number of hydrogen-bond acceptors (Lipinski definition) is 2. The Balaban J connectivity index is 0.00000168. The second-order valence-corrected chi connectivity index (χ2v) is 10.3. The number of carbonyl (C=O) groups excluding carboxylic acids is 1. The fourth-order valence-corrected chi connectivity index (χ4v) is 7.53. The van der Waals surface area contributed by atoms with E-state index in [1.54, 1.807) is 0 Å². The number of halogens is 1. The molecule has 1 aromatic carbocycles. The molecule has 0 radical (unpaired) electrons. The van der Waals surface area contributed by atoms with Crippen LogP contribution in [-0.4, -0.2) is 5.91 Å². The van der Waals surface area contributed by atoms with Crippen LogP contribution in [0, 0.1) is 22.2 Å². The van der Waals surface area contributed by atoms with E-state index in [1.807, 2.05) is 0 Å². The molecule has 4 fully saturated rings. The zero-order valence-corrected chi connectivity index (χ0v) is 16.8. The van der Waals surface area contributed by atoms with Crippen LogP contribution in [0.1, 0.15) is 69.1 Å². The molecule has 1 aliphatic heterocycles. The van der Waals surface area contributed by atoms with Crippen LogP contribution in [0.15, 0.2) is 18.2 Å². The summed E-state index contributed by atoms with van der Waals surface area (Å²) in [6.45, 7) is 7.48. The Bertz CT molecular complexity index is 728. The maximum absolute atomic E-state index is 13.3. The van der Waals surface area contributed by atoms with Crippen LogP contribution in [-0.2, 0) is 24.4 Å². The predicted octanol–water partition coefficient (Wildman–Crippen LogP) is 4.32. The zero-order valence-electron chi connectivity index (χ0n) is 16.0. The lowest BCUT2D eigenvalue weighted by Gasteiger charge is -2.64. The van der Waals surface area contributed by atoms with Crippen LogP contribution < -0.4 is 10.6 Å². The number of rotatable bonds is 3. The molecule has 0 aromatic heterocycles. The molecule has 4 heteroatoms. The highest BCUT2D eigenvalue weighted by Gasteiger charge is 2.62. The second-order valence-electron chi connectivity index (χ2n) is 10.3. The van der Waals surface area contributed by atoms with Crippen molar-refractivity contribution in [3.05, 3.63) is 34.9 Å². The minimum Gasteiger partial charge on any atom is -0.352 e.